The van der Waals surface area contributed by atoms with E-state index < -0.39 is 0 Å². The van der Waals surface area contributed by atoms with Crippen molar-refractivity contribution in [2.75, 3.05) is 32.8 Å². The van der Waals surface area contributed by atoms with E-state index in [1.165, 1.54) is 11.3 Å². The molecule has 3 rings (SSSR count). The highest BCUT2D eigenvalue weighted by molar-refractivity contribution is 7.08. The SMILES string of the molecule is O=C(c1ccsc1)N1CCN(C(=O)C2CCCO2)CC1. The Morgan fingerprint density at radius 3 is 2.55 bits per heavy atom. The molecule has 6 heteroatoms. The van der Waals surface area contributed by atoms with Crippen LogP contribution in [0.3, 0.4) is 0 Å². The van der Waals surface area contributed by atoms with Crippen LogP contribution in [0, 0.1) is 0 Å². The first-order valence-corrected chi connectivity index (χ1v) is 7.92. The van der Waals surface area contributed by atoms with Gasteiger partial charge in [-0.2, -0.15) is 11.3 Å². The number of carbonyl (C=O) groups is 2. The maximum Gasteiger partial charge on any atom is 0.254 e. The first-order valence-electron chi connectivity index (χ1n) is 6.97. The number of ether oxygens (including phenoxy) is 1. The molecule has 108 valence electrons. The summed E-state index contributed by atoms with van der Waals surface area (Å²) in [5, 5.41) is 3.77. The van der Waals surface area contributed by atoms with Gasteiger partial charge in [0.25, 0.3) is 11.8 Å². The quantitative estimate of drug-likeness (QED) is 0.824. The average molecular weight is 294 g/mol. The number of amides is 2. The predicted molar refractivity (Wildman–Crippen MR) is 75.8 cm³/mol. The molecule has 0 N–H and O–H groups in total. The Bertz CT molecular complexity index is 475. The first kappa shape index (κ1) is 13.6. The van der Waals surface area contributed by atoms with E-state index in [0.29, 0.717) is 32.8 Å². The number of carbonyl (C=O) groups excluding carboxylic acids is 2. The van der Waals surface area contributed by atoms with Crippen LogP contribution in [0.1, 0.15) is 23.2 Å². The predicted octanol–water partition coefficient (Wildman–Crippen LogP) is 1.21. The van der Waals surface area contributed by atoms with E-state index in [2.05, 4.69) is 0 Å². The lowest BCUT2D eigenvalue weighted by Gasteiger charge is -2.35. The largest absolute Gasteiger partial charge is 0.368 e. The molecule has 2 amide bonds. The molecule has 0 spiro atoms. The number of hydrogen-bond donors (Lipinski definition) is 0. The van der Waals surface area contributed by atoms with Crippen LogP contribution in [-0.4, -0.2) is 60.5 Å². The van der Waals surface area contributed by atoms with E-state index in [1.54, 1.807) is 0 Å². The lowest BCUT2D eigenvalue weighted by atomic mass is 10.2. The molecule has 2 saturated heterocycles. The number of thiophene rings is 1. The molecular formula is C14H18N2O3S. The molecule has 2 aliphatic heterocycles. The minimum Gasteiger partial charge on any atom is -0.368 e. The van der Waals surface area contributed by atoms with Crippen molar-refractivity contribution < 1.29 is 14.3 Å². The number of hydrogen-bond acceptors (Lipinski definition) is 4. The molecule has 3 heterocycles. The van der Waals surface area contributed by atoms with E-state index in [4.69, 9.17) is 4.74 Å². The highest BCUT2D eigenvalue weighted by Crippen LogP contribution is 2.17. The second-order valence-electron chi connectivity index (χ2n) is 5.13. The maximum atomic E-state index is 12.2. The van der Waals surface area contributed by atoms with Crippen molar-refractivity contribution in [1.29, 1.82) is 0 Å². The van der Waals surface area contributed by atoms with Crippen molar-refractivity contribution in [2.45, 2.75) is 18.9 Å². The Kier molecular flexibility index (Phi) is 4.03. The number of rotatable bonds is 2. The number of piperazine rings is 1. The zero-order chi connectivity index (χ0) is 13.9. The Labute approximate surface area is 122 Å². The third kappa shape index (κ3) is 2.71. The van der Waals surface area contributed by atoms with Gasteiger partial charge in [0, 0.05) is 38.2 Å². The summed E-state index contributed by atoms with van der Waals surface area (Å²) in [6.07, 6.45) is 1.54. The normalized spacial score (nSPS) is 23.1. The Morgan fingerprint density at radius 1 is 1.20 bits per heavy atom. The molecule has 0 aliphatic carbocycles. The molecular weight excluding hydrogens is 276 g/mol. The fourth-order valence-corrected chi connectivity index (χ4v) is 3.30. The van der Waals surface area contributed by atoms with Gasteiger partial charge >= 0.3 is 0 Å². The van der Waals surface area contributed by atoms with E-state index >= 15 is 0 Å². The van der Waals surface area contributed by atoms with E-state index in [-0.39, 0.29) is 17.9 Å². The van der Waals surface area contributed by atoms with Crippen molar-refractivity contribution in [3.8, 4) is 0 Å². The molecule has 0 bridgehead atoms. The molecule has 0 radical (unpaired) electrons. The van der Waals surface area contributed by atoms with Crippen LogP contribution in [0.2, 0.25) is 0 Å². The highest BCUT2D eigenvalue weighted by atomic mass is 32.1. The topological polar surface area (TPSA) is 49.9 Å². The van der Waals surface area contributed by atoms with Gasteiger partial charge in [-0.25, -0.2) is 0 Å². The summed E-state index contributed by atoms with van der Waals surface area (Å²) in [5.74, 6) is 0.153. The van der Waals surface area contributed by atoms with Crippen LogP contribution < -0.4 is 0 Å². The van der Waals surface area contributed by atoms with Crippen molar-refractivity contribution in [1.82, 2.24) is 9.80 Å². The first-order chi connectivity index (χ1) is 9.75. The zero-order valence-corrected chi connectivity index (χ0v) is 12.1. The van der Waals surface area contributed by atoms with Gasteiger partial charge in [-0.1, -0.05) is 0 Å². The minimum atomic E-state index is -0.255. The third-order valence-electron chi connectivity index (χ3n) is 3.85. The summed E-state index contributed by atoms with van der Waals surface area (Å²) in [6.45, 7) is 3.11. The van der Waals surface area contributed by atoms with E-state index in [1.807, 2.05) is 26.6 Å². The summed E-state index contributed by atoms with van der Waals surface area (Å²) >= 11 is 1.53. The van der Waals surface area contributed by atoms with Crippen LogP contribution >= 0.6 is 11.3 Å². The van der Waals surface area contributed by atoms with E-state index in [0.717, 1.165) is 18.4 Å². The van der Waals surface area contributed by atoms with E-state index in [9.17, 15) is 9.59 Å². The Hall–Kier alpha value is -1.40. The van der Waals surface area contributed by atoms with Gasteiger partial charge < -0.3 is 14.5 Å². The van der Waals surface area contributed by atoms with Crippen LogP contribution in [-0.2, 0) is 9.53 Å². The third-order valence-corrected chi connectivity index (χ3v) is 4.54. The van der Waals surface area contributed by atoms with Gasteiger partial charge in [0.15, 0.2) is 0 Å². The van der Waals surface area contributed by atoms with Crippen molar-refractivity contribution in [2.24, 2.45) is 0 Å². The molecule has 1 atom stereocenters. The molecule has 2 fully saturated rings. The minimum absolute atomic E-state index is 0.0652. The number of nitrogens with zero attached hydrogens (tertiary/aromatic N) is 2. The average Bonchev–Trinajstić information content (AvgIpc) is 3.18. The van der Waals surface area contributed by atoms with Crippen molar-refractivity contribution in [3.63, 3.8) is 0 Å². The van der Waals surface area contributed by atoms with Crippen molar-refractivity contribution in [3.05, 3.63) is 22.4 Å². The summed E-state index contributed by atoms with van der Waals surface area (Å²) < 4.78 is 5.43. The van der Waals surface area contributed by atoms with Gasteiger partial charge in [-0.3, -0.25) is 9.59 Å². The molecule has 5 nitrogen and oxygen atoms in total. The second kappa shape index (κ2) is 5.93. The molecule has 0 aromatic carbocycles. The van der Waals surface area contributed by atoms with Gasteiger partial charge in [0.2, 0.25) is 0 Å². The van der Waals surface area contributed by atoms with Gasteiger partial charge in [-0.15, -0.1) is 0 Å². The monoisotopic (exact) mass is 294 g/mol. The van der Waals surface area contributed by atoms with Crippen LogP contribution in [0.5, 0.6) is 0 Å². The molecule has 1 unspecified atom stereocenters. The van der Waals surface area contributed by atoms with Crippen molar-refractivity contribution >= 4 is 23.2 Å². The maximum absolute atomic E-state index is 12.2. The molecule has 20 heavy (non-hydrogen) atoms. The zero-order valence-electron chi connectivity index (χ0n) is 11.3. The Balaban J connectivity index is 1.54. The molecule has 1 aromatic heterocycles. The lowest BCUT2D eigenvalue weighted by molar-refractivity contribution is -0.142. The lowest BCUT2D eigenvalue weighted by Crippen LogP contribution is -2.52. The van der Waals surface area contributed by atoms with Crippen LogP contribution in [0.25, 0.3) is 0 Å². The van der Waals surface area contributed by atoms with Crippen LogP contribution in [0.4, 0.5) is 0 Å². The molecule has 1 aromatic rings. The fraction of sp³-hybridized carbons (Fsp3) is 0.571. The summed E-state index contributed by atoms with van der Waals surface area (Å²) in [5.41, 5.74) is 0.744. The van der Waals surface area contributed by atoms with Gasteiger partial charge in [-0.05, 0) is 24.3 Å². The molecule has 0 saturated carbocycles. The fourth-order valence-electron chi connectivity index (χ4n) is 2.67. The smallest absolute Gasteiger partial charge is 0.254 e. The standard InChI is InChI=1S/C14H18N2O3S/c17-13(11-3-9-20-10-11)15-4-6-16(7-5-15)14(18)12-2-1-8-19-12/h3,9-10,12H,1-2,4-8H2. The van der Waals surface area contributed by atoms with Gasteiger partial charge in [0.05, 0.1) is 5.56 Å². The highest BCUT2D eigenvalue weighted by Gasteiger charge is 2.31. The summed E-state index contributed by atoms with van der Waals surface area (Å²) in [7, 11) is 0. The van der Waals surface area contributed by atoms with Gasteiger partial charge in [0.1, 0.15) is 6.10 Å². The van der Waals surface area contributed by atoms with Crippen LogP contribution in [0.15, 0.2) is 16.8 Å². The summed E-state index contributed by atoms with van der Waals surface area (Å²) in [6, 6.07) is 1.84. The molecule has 2 aliphatic rings. The Morgan fingerprint density at radius 2 is 1.95 bits per heavy atom. The second-order valence-corrected chi connectivity index (χ2v) is 5.91. The summed E-state index contributed by atoms with van der Waals surface area (Å²) in [4.78, 5) is 28.1.